The van der Waals surface area contributed by atoms with Crippen molar-refractivity contribution >= 4 is 5.91 Å². The first-order valence-corrected chi connectivity index (χ1v) is 11.5. The molecule has 7 heteroatoms. The predicted octanol–water partition coefficient (Wildman–Crippen LogP) is 2.25. The smallest absolute Gasteiger partial charge is 0.224 e. The number of nitrogens with zero attached hydrogens (tertiary/aromatic N) is 2. The Labute approximate surface area is 187 Å². The molecular formula is C24H39N3O4. The fourth-order valence-electron chi connectivity index (χ4n) is 4.59. The van der Waals surface area contributed by atoms with Crippen LogP contribution in [-0.2, 0) is 16.1 Å². The second kappa shape index (κ2) is 11.7. The van der Waals surface area contributed by atoms with Crippen LogP contribution >= 0.6 is 0 Å². The minimum Gasteiger partial charge on any atom is -0.493 e. The lowest BCUT2D eigenvalue weighted by Gasteiger charge is -2.40. The van der Waals surface area contributed by atoms with Crippen LogP contribution in [0.4, 0.5) is 0 Å². The Balaban J connectivity index is 1.68. The SMILES string of the molecule is COc1ccc(CN2C[C@@H](CN3CCOCC3)C[C@@H](C(=O)NCC(C)C)C2)cc1OC. The number of carbonyl (C=O) groups excluding carboxylic acids is 1. The first-order valence-electron chi connectivity index (χ1n) is 11.5. The average Bonchev–Trinajstić information content (AvgIpc) is 2.77. The van der Waals surface area contributed by atoms with Crippen LogP contribution in [0.15, 0.2) is 18.2 Å². The van der Waals surface area contributed by atoms with Gasteiger partial charge >= 0.3 is 0 Å². The second-order valence-electron chi connectivity index (χ2n) is 9.23. The summed E-state index contributed by atoms with van der Waals surface area (Å²) in [6.07, 6.45) is 0.948. The van der Waals surface area contributed by atoms with E-state index in [2.05, 4.69) is 35.0 Å². The summed E-state index contributed by atoms with van der Waals surface area (Å²) in [5, 5.41) is 3.16. The van der Waals surface area contributed by atoms with Crippen molar-refractivity contribution in [3.05, 3.63) is 23.8 Å². The first kappa shape index (κ1) is 23.8. The summed E-state index contributed by atoms with van der Waals surface area (Å²) in [5.41, 5.74) is 1.17. The van der Waals surface area contributed by atoms with E-state index in [1.807, 2.05) is 12.1 Å². The fraction of sp³-hybridized carbons (Fsp3) is 0.708. The number of ether oxygens (including phenoxy) is 3. The molecule has 0 spiro atoms. The number of hydrogen-bond donors (Lipinski definition) is 1. The van der Waals surface area contributed by atoms with Crippen molar-refractivity contribution in [1.82, 2.24) is 15.1 Å². The van der Waals surface area contributed by atoms with Gasteiger partial charge in [0, 0.05) is 45.8 Å². The molecule has 3 rings (SSSR count). The summed E-state index contributed by atoms with van der Waals surface area (Å²) in [7, 11) is 3.31. The van der Waals surface area contributed by atoms with Gasteiger partial charge in [-0.2, -0.15) is 0 Å². The molecular weight excluding hydrogens is 394 g/mol. The van der Waals surface area contributed by atoms with Crippen molar-refractivity contribution in [3.8, 4) is 11.5 Å². The summed E-state index contributed by atoms with van der Waals surface area (Å²) in [6.45, 7) is 12.2. The van der Waals surface area contributed by atoms with Gasteiger partial charge in [-0.3, -0.25) is 14.6 Å². The third-order valence-electron chi connectivity index (χ3n) is 6.14. The lowest BCUT2D eigenvalue weighted by molar-refractivity contribution is -0.128. The summed E-state index contributed by atoms with van der Waals surface area (Å²) in [6, 6.07) is 6.08. The minimum absolute atomic E-state index is 0.0266. The number of piperidine rings is 1. The van der Waals surface area contributed by atoms with E-state index in [1.54, 1.807) is 14.2 Å². The molecule has 0 unspecified atom stereocenters. The number of amides is 1. The van der Waals surface area contributed by atoms with Gasteiger partial charge in [-0.1, -0.05) is 19.9 Å². The van der Waals surface area contributed by atoms with Crippen LogP contribution in [0.3, 0.4) is 0 Å². The highest BCUT2D eigenvalue weighted by molar-refractivity contribution is 5.79. The molecule has 31 heavy (non-hydrogen) atoms. The van der Waals surface area contributed by atoms with Crippen LogP contribution in [0, 0.1) is 17.8 Å². The Kier molecular flexibility index (Phi) is 8.99. The van der Waals surface area contributed by atoms with Gasteiger partial charge in [-0.15, -0.1) is 0 Å². The van der Waals surface area contributed by atoms with Gasteiger partial charge in [0.2, 0.25) is 5.91 Å². The van der Waals surface area contributed by atoms with Crippen LogP contribution in [-0.4, -0.2) is 82.4 Å². The lowest BCUT2D eigenvalue weighted by Crippen LogP contribution is -2.50. The maximum Gasteiger partial charge on any atom is 0.224 e. The Morgan fingerprint density at radius 3 is 2.55 bits per heavy atom. The van der Waals surface area contributed by atoms with Crippen molar-refractivity contribution in [2.24, 2.45) is 17.8 Å². The van der Waals surface area contributed by atoms with Crippen LogP contribution in [0.25, 0.3) is 0 Å². The third kappa shape index (κ3) is 7.09. The summed E-state index contributed by atoms with van der Waals surface area (Å²) >= 11 is 0. The van der Waals surface area contributed by atoms with Crippen LogP contribution in [0.5, 0.6) is 11.5 Å². The van der Waals surface area contributed by atoms with E-state index in [0.29, 0.717) is 11.8 Å². The van der Waals surface area contributed by atoms with E-state index >= 15 is 0 Å². The van der Waals surface area contributed by atoms with Gasteiger partial charge in [-0.05, 0) is 36.0 Å². The average molecular weight is 434 g/mol. The van der Waals surface area contributed by atoms with Gasteiger partial charge < -0.3 is 19.5 Å². The Morgan fingerprint density at radius 1 is 1.13 bits per heavy atom. The molecule has 2 aliphatic heterocycles. The quantitative estimate of drug-likeness (QED) is 0.645. The number of benzene rings is 1. The number of rotatable bonds is 9. The number of methoxy groups -OCH3 is 2. The van der Waals surface area contributed by atoms with Crippen LogP contribution in [0.1, 0.15) is 25.8 Å². The van der Waals surface area contributed by atoms with Crippen molar-refractivity contribution in [2.45, 2.75) is 26.8 Å². The van der Waals surface area contributed by atoms with Gasteiger partial charge in [0.15, 0.2) is 11.5 Å². The monoisotopic (exact) mass is 433 g/mol. The van der Waals surface area contributed by atoms with E-state index < -0.39 is 0 Å². The highest BCUT2D eigenvalue weighted by Gasteiger charge is 2.33. The molecule has 2 heterocycles. The largest absolute Gasteiger partial charge is 0.493 e. The van der Waals surface area contributed by atoms with Gasteiger partial charge in [-0.25, -0.2) is 0 Å². The summed E-state index contributed by atoms with van der Waals surface area (Å²) < 4.78 is 16.4. The molecule has 2 saturated heterocycles. The van der Waals surface area contributed by atoms with E-state index in [1.165, 1.54) is 5.56 Å². The summed E-state index contributed by atoms with van der Waals surface area (Å²) in [5.74, 6) is 2.63. The molecule has 174 valence electrons. The highest BCUT2D eigenvalue weighted by atomic mass is 16.5. The van der Waals surface area contributed by atoms with Crippen LogP contribution in [0.2, 0.25) is 0 Å². The Morgan fingerprint density at radius 2 is 1.87 bits per heavy atom. The van der Waals surface area contributed by atoms with Gasteiger partial charge in [0.1, 0.15) is 0 Å². The first-order chi connectivity index (χ1) is 15.0. The molecule has 2 atom stereocenters. The molecule has 1 amide bonds. The zero-order chi connectivity index (χ0) is 22.2. The maximum absolute atomic E-state index is 12.9. The molecule has 1 N–H and O–H groups in total. The molecule has 2 fully saturated rings. The lowest BCUT2D eigenvalue weighted by atomic mass is 9.87. The van der Waals surface area contributed by atoms with Crippen molar-refractivity contribution in [3.63, 3.8) is 0 Å². The van der Waals surface area contributed by atoms with E-state index in [4.69, 9.17) is 14.2 Å². The molecule has 0 bridgehead atoms. The second-order valence-corrected chi connectivity index (χ2v) is 9.23. The van der Waals surface area contributed by atoms with E-state index in [0.717, 1.165) is 76.9 Å². The van der Waals surface area contributed by atoms with Gasteiger partial charge in [0.25, 0.3) is 0 Å². The zero-order valence-electron chi connectivity index (χ0n) is 19.6. The molecule has 0 radical (unpaired) electrons. The number of nitrogens with one attached hydrogen (secondary N) is 1. The zero-order valence-corrected chi connectivity index (χ0v) is 19.6. The van der Waals surface area contributed by atoms with Gasteiger partial charge in [0.05, 0.1) is 33.4 Å². The number of likely N-dealkylation sites (tertiary alicyclic amines) is 1. The normalized spacial score (nSPS) is 23.0. The standard InChI is InChI=1S/C24H39N3O4/c1-18(2)13-25-24(28)21-11-20(15-26-7-9-31-10-8-26)16-27(17-21)14-19-5-6-22(29-3)23(12-19)30-4/h5-6,12,18,20-21H,7-11,13-17H2,1-4H3,(H,25,28)/t20-,21-/m1/s1. The predicted molar refractivity (Wildman–Crippen MR) is 122 cm³/mol. The van der Waals surface area contributed by atoms with Crippen molar-refractivity contribution in [1.29, 1.82) is 0 Å². The topological polar surface area (TPSA) is 63.3 Å². The highest BCUT2D eigenvalue weighted by Crippen LogP contribution is 2.30. The van der Waals surface area contributed by atoms with Crippen molar-refractivity contribution in [2.75, 3.05) is 66.7 Å². The van der Waals surface area contributed by atoms with Crippen LogP contribution < -0.4 is 14.8 Å². The molecule has 0 aliphatic carbocycles. The number of morpholine rings is 1. The number of carbonyl (C=O) groups is 1. The van der Waals surface area contributed by atoms with Crippen molar-refractivity contribution < 1.29 is 19.0 Å². The Bertz CT molecular complexity index is 706. The third-order valence-corrected chi connectivity index (χ3v) is 6.14. The maximum atomic E-state index is 12.9. The number of hydrogen-bond acceptors (Lipinski definition) is 6. The molecule has 0 aromatic heterocycles. The molecule has 1 aromatic carbocycles. The summed E-state index contributed by atoms with van der Waals surface area (Å²) in [4.78, 5) is 17.8. The minimum atomic E-state index is 0.0266. The molecule has 2 aliphatic rings. The Hall–Kier alpha value is -1.83. The fourth-order valence-corrected chi connectivity index (χ4v) is 4.59. The van der Waals surface area contributed by atoms with E-state index in [9.17, 15) is 4.79 Å². The van der Waals surface area contributed by atoms with E-state index in [-0.39, 0.29) is 11.8 Å². The molecule has 1 aromatic rings. The molecule has 7 nitrogen and oxygen atoms in total. The molecule has 0 saturated carbocycles.